The topological polar surface area (TPSA) is 74.6 Å². The highest BCUT2D eigenvalue weighted by Crippen LogP contribution is 2.48. The highest BCUT2D eigenvalue weighted by atomic mass is 16.3. The highest BCUT2D eigenvalue weighted by molar-refractivity contribution is 5.80. The van der Waals surface area contributed by atoms with Gasteiger partial charge in [-0.25, -0.2) is 0 Å². The van der Waals surface area contributed by atoms with Crippen molar-refractivity contribution in [3.05, 3.63) is 75.7 Å². The number of allylic oxidation sites excluding steroid dienone is 1. The second-order valence-corrected chi connectivity index (χ2v) is 8.07. The highest BCUT2D eigenvalue weighted by Gasteiger charge is 2.55. The molecule has 6 nitrogen and oxygen atoms in total. The van der Waals surface area contributed by atoms with E-state index in [0.29, 0.717) is 25.2 Å². The summed E-state index contributed by atoms with van der Waals surface area (Å²) in [7, 11) is 0. The quantitative estimate of drug-likeness (QED) is 0.770. The molecule has 6 heteroatoms. The molecule has 2 aliphatic heterocycles. The Balaban J connectivity index is 1.83. The van der Waals surface area contributed by atoms with Crippen LogP contribution in [-0.2, 0) is 17.9 Å². The van der Waals surface area contributed by atoms with Crippen LogP contribution in [0, 0.1) is 11.8 Å². The fraction of sp³-hybridized carbons (Fsp3) is 0.417. The molecule has 2 aliphatic rings. The molecule has 0 unspecified atom stereocenters. The molecule has 4 atom stereocenters. The maximum absolute atomic E-state index is 13.1. The third-order valence-electron chi connectivity index (χ3n) is 6.41. The molecule has 1 aromatic heterocycles. The van der Waals surface area contributed by atoms with Crippen molar-refractivity contribution >= 4 is 12.0 Å². The number of hydrogen-bond donors (Lipinski definition) is 2. The molecule has 0 aliphatic carbocycles. The zero-order chi connectivity index (χ0) is 21.3. The predicted molar refractivity (Wildman–Crippen MR) is 117 cm³/mol. The molecule has 0 saturated carbocycles. The molecule has 2 bridgehead atoms. The van der Waals surface area contributed by atoms with Crippen molar-refractivity contribution in [2.24, 2.45) is 11.8 Å². The summed E-state index contributed by atoms with van der Waals surface area (Å²) in [6.45, 7) is 5.39. The average molecular weight is 408 g/mol. The number of rotatable bonds is 6. The first-order valence-corrected chi connectivity index (χ1v) is 10.6. The first-order valence-electron chi connectivity index (χ1n) is 10.6. The van der Waals surface area contributed by atoms with E-state index >= 15 is 0 Å². The van der Waals surface area contributed by atoms with Gasteiger partial charge in [0.25, 0.3) is 5.56 Å². The van der Waals surface area contributed by atoms with Crippen LogP contribution in [0.4, 0.5) is 0 Å². The molecule has 1 aromatic carbocycles. The Morgan fingerprint density at radius 3 is 2.67 bits per heavy atom. The number of carbonyl (C=O) groups is 1. The van der Waals surface area contributed by atoms with Gasteiger partial charge < -0.3 is 15.0 Å². The van der Waals surface area contributed by atoms with Gasteiger partial charge in [-0.2, -0.15) is 0 Å². The summed E-state index contributed by atoms with van der Waals surface area (Å²) in [6, 6.07) is 13.6. The van der Waals surface area contributed by atoms with Gasteiger partial charge in [-0.05, 0) is 31.5 Å². The Hall–Kier alpha value is -2.70. The lowest BCUT2D eigenvalue weighted by atomic mass is 9.86. The zero-order valence-electron chi connectivity index (χ0n) is 17.5. The summed E-state index contributed by atoms with van der Waals surface area (Å²) in [4.78, 5) is 28.5. The lowest BCUT2D eigenvalue weighted by Crippen LogP contribution is -2.46. The monoisotopic (exact) mass is 407 g/mol. The first-order chi connectivity index (χ1) is 14.6. The molecule has 30 heavy (non-hydrogen) atoms. The van der Waals surface area contributed by atoms with Gasteiger partial charge in [0.05, 0.1) is 12.0 Å². The van der Waals surface area contributed by atoms with E-state index in [4.69, 9.17) is 0 Å². The molecule has 1 saturated heterocycles. The summed E-state index contributed by atoms with van der Waals surface area (Å²) in [6.07, 6.45) is 3.68. The van der Waals surface area contributed by atoms with E-state index in [0.717, 1.165) is 11.3 Å². The molecule has 3 heterocycles. The minimum Gasteiger partial charge on any atom is -0.396 e. The average Bonchev–Trinajstić information content (AvgIpc) is 2.95. The predicted octanol–water partition coefficient (Wildman–Crippen LogP) is 2.18. The number of fused-ring (bicyclic) bond motifs is 4. The molecule has 0 spiro atoms. The number of nitrogens with zero attached hydrogens (tertiary/aromatic N) is 2. The van der Waals surface area contributed by atoms with Gasteiger partial charge in [0.1, 0.15) is 0 Å². The number of carbonyl (C=O) groups excluding carboxylic acids is 1. The zero-order valence-corrected chi connectivity index (χ0v) is 17.5. The number of benzene rings is 1. The summed E-state index contributed by atoms with van der Waals surface area (Å²) >= 11 is 0. The van der Waals surface area contributed by atoms with Crippen LogP contribution in [0.5, 0.6) is 0 Å². The second-order valence-electron chi connectivity index (χ2n) is 8.07. The number of amides is 1. The Labute approximate surface area is 176 Å². The first kappa shape index (κ1) is 20.6. The van der Waals surface area contributed by atoms with Crippen LogP contribution in [0.15, 0.2) is 53.3 Å². The van der Waals surface area contributed by atoms with Gasteiger partial charge in [-0.3, -0.25) is 14.5 Å². The van der Waals surface area contributed by atoms with Crippen LogP contribution < -0.4 is 10.9 Å². The van der Waals surface area contributed by atoms with Crippen molar-refractivity contribution in [1.82, 2.24) is 14.8 Å². The van der Waals surface area contributed by atoms with E-state index in [1.165, 1.54) is 0 Å². The third-order valence-corrected chi connectivity index (χ3v) is 6.41. The van der Waals surface area contributed by atoms with Crippen molar-refractivity contribution < 1.29 is 9.90 Å². The Bertz CT molecular complexity index is 999. The van der Waals surface area contributed by atoms with E-state index < -0.39 is 5.92 Å². The van der Waals surface area contributed by atoms with Gasteiger partial charge >= 0.3 is 0 Å². The Morgan fingerprint density at radius 1 is 1.23 bits per heavy atom. The molecule has 4 rings (SSSR count). The van der Waals surface area contributed by atoms with E-state index in [1.807, 2.05) is 60.9 Å². The van der Waals surface area contributed by atoms with Crippen LogP contribution in [0.3, 0.4) is 0 Å². The number of aliphatic hydroxyl groups excluding tert-OH is 1. The van der Waals surface area contributed by atoms with E-state index in [9.17, 15) is 14.7 Å². The maximum atomic E-state index is 13.1. The SMILES string of the molecule is C/C=C\c1ccc2n(c1=O)C[C@@H]1[C@@H](CO)[C@H](C(=O)NCC)[C@H]2N1Cc1ccccc1. The summed E-state index contributed by atoms with van der Waals surface area (Å²) < 4.78 is 1.81. The molecule has 158 valence electrons. The number of nitrogens with one attached hydrogen (secondary N) is 1. The number of pyridine rings is 1. The van der Waals surface area contributed by atoms with Crippen molar-refractivity contribution in [2.45, 2.75) is 39.0 Å². The number of aliphatic hydroxyl groups is 1. The van der Waals surface area contributed by atoms with Gasteiger partial charge in [0, 0.05) is 49.5 Å². The van der Waals surface area contributed by atoms with Crippen molar-refractivity contribution in [1.29, 1.82) is 0 Å². The fourth-order valence-corrected chi connectivity index (χ4v) is 5.15. The van der Waals surface area contributed by atoms with Gasteiger partial charge in [-0.1, -0.05) is 42.5 Å². The molecular weight excluding hydrogens is 378 g/mol. The molecule has 2 N–H and O–H groups in total. The second kappa shape index (κ2) is 8.58. The summed E-state index contributed by atoms with van der Waals surface area (Å²) in [5.74, 6) is -0.681. The van der Waals surface area contributed by atoms with Crippen LogP contribution in [0.2, 0.25) is 0 Å². The smallest absolute Gasteiger partial charge is 0.258 e. The van der Waals surface area contributed by atoms with Crippen molar-refractivity contribution in [2.75, 3.05) is 13.2 Å². The Kier molecular flexibility index (Phi) is 5.88. The van der Waals surface area contributed by atoms with E-state index in [-0.39, 0.29) is 36.1 Å². The molecular formula is C24H29N3O3. The maximum Gasteiger partial charge on any atom is 0.258 e. The van der Waals surface area contributed by atoms with Crippen molar-refractivity contribution in [3.63, 3.8) is 0 Å². The number of aromatic nitrogens is 1. The van der Waals surface area contributed by atoms with Gasteiger partial charge in [-0.15, -0.1) is 0 Å². The summed E-state index contributed by atoms with van der Waals surface area (Å²) in [5.41, 5.74) is 2.62. The standard InChI is InChI=1S/C24H29N3O3/c1-3-8-17-11-12-19-22-21(23(29)25-4-2)18(15-28)20(14-27(19)24(17)30)26(22)13-16-9-6-5-7-10-16/h3,5-12,18,20-22,28H,4,13-15H2,1-2H3,(H,25,29)/b8-3-/t18-,20-,21+,22+/m1/s1. The summed E-state index contributed by atoms with van der Waals surface area (Å²) in [5, 5.41) is 13.2. The fourth-order valence-electron chi connectivity index (χ4n) is 5.15. The van der Waals surface area contributed by atoms with Crippen LogP contribution in [0.25, 0.3) is 6.08 Å². The lowest BCUT2D eigenvalue weighted by molar-refractivity contribution is -0.127. The van der Waals surface area contributed by atoms with Gasteiger partial charge in [0.2, 0.25) is 5.91 Å². The van der Waals surface area contributed by atoms with Crippen molar-refractivity contribution in [3.8, 4) is 0 Å². The third kappa shape index (κ3) is 3.40. The molecule has 2 aromatic rings. The lowest BCUT2D eigenvalue weighted by Gasteiger charge is -2.38. The van der Waals surface area contributed by atoms with Gasteiger partial charge in [0.15, 0.2) is 0 Å². The van der Waals surface area contributed by atoms with E-state index in [1.54, 1.807) is 0 Å². The largest absolute Gasteiger partial charge is 0.396 e. The molecule has 1 fully saturated rings. The number of hydrogen-bond acceptors (Lipinski definition) is 4. The van der Waals surface area contributed by atoms with Crippen LogP contribution >= 0.6 is 0 Å². The Morgan fingerprint density at radius 2 is 2.00 bits per heavy atom. The van der Waals surface area contributed by atoms with Crippen LogP contribution in [-0.4, -0.2) is 39.7 Å². The van der Waals surface area contributed by atoms with Crippen LogP contribution in [0.1, 0.15) is 36.7 Å². The van der Waals surface area contributed by atoms with E-state index in [2.05, 4.69) is 22.3 Å². The molecule has 0 radical (unpaired) electrons. The molecule has 1 amide bonds. The normalized spacial score (nSPS) is 25.4. The minimum absolute atomic E-state index is 0.0341. The minimum atomic E-state index is -0.399.